The Labute approximate surface area is 106 Å². The second-order valence-electron chi connectivity index (χ2n) is 4.77. The summed E-state index contributed by atoms with van der Waals surface area (Å²) >= 11 is 0. The van der Waals surface area contributed by atoms with Crippen molar-refractivity contribution in [3.8, 4) is 11.5 Å². The van der Waals surface area contributed by atoms with E-state index >= 15 is 0 Å². The van der Waals surface area contributed by atoms with Crippen LogP contribution < -0.4 is 15.2 Å². The highest BCUT2D eigenvalue weighted by atomic mass is 16.5. The Morgan fingerprint density at radius 2 is 1.83 bits per heavy atom. The van der Waals surface area contributed by atoms with Crippen molar-refractivity contribution < 1.29 is 9.47 Å². The monoisotopic (exact) mass is 243 g/mol. The molecule has 2 unspecified atom stereocenters. The van der Waals surface area contributed by atoms with Gasteiger partial charge in [0.25, 0.3) is 0 Å². The van der Waals surface area contributed by atoms with Gasteiger partial charge in [0.05, 0.1) is 14.2 Å². The fourth-order valence-corrected chi connectivity index (χ4v) is 2.54. The lowest BCUT2D eigenvalue weighted by atomic mass is 9.99. The van der Waals surface area contributed by atoms with Crippen LogP contribution in [0.15, 0.2) is 30.3 Å². The summed E-state index contributed by atoms with van der Waals surface area (Å²) in [7, 11) is 3.39. The van der Waals surface area contributed by atoms with E-state index in [1.54, 1.807) is 14.2 Å². The largest absolute Gasteiger partial charge is 0.497 e. The highest BCUT2D eigenvalue weighted by molar-refractivity contribution is 5.90. The average Bonchev–Trinajstić information content (AvgIpc) is 3.13. The molecule has 3 heteroatoms. The molecule has 0 aromatic heterocycles. The van der Waals surface area contributed by atoms with Gasteiger partial charge < -0.3 is 15.2 Å². The quantitative estimate of drug-likeness (QED) is 0.901. The molecule has 3 nitrogen and oxygen atoms in total. The van der Waals surface area contributed by atoms with Crippen LogP contribution in [-0.2, 0) is 0 Å². The minimum Gasteiger partial charge on any atom is -0.497 e. The Balaban J connectivity index is 2.25. The third-order valence-corrected chi connectivity index (χ3v) is 3.66. The summed E-state index contributed by atoms with van der Waals surface area (Å²) in [5, 5.41) is 2.39. The first-order valence-electron chi connectivity index (χ1n) is 6.15. The summed E-state index contributed by atoms with van der Waals surface area (Å²) in [6.07, 6.45) is 1.03. The van der Waals surface area contributed by atoms with Crippen molar-refractivity contribution in [3.05, 3.63) is 35.9 Å². The molecule has 2 N–H and O–H groups in total. The number of nitrogens with two attached hydrogens (primary N) is 1. The summed E-state index contributed by atoms with van der Waals surface area (Å²) in [6, 6.07) is 10.5. The van der Waals surface area contributed by atoms with Gasteiger partial charge in [-0.2, -0.15) is 0 Å². The molecule has 2 aromatic carbocycles. The van der Waals surface area contributed by atoms with E-state index in [2.05, 4.69) is 18.2 Å². The predicted octanol–water partition coefficient (Wildman–Crippen LogP) is 2.67. The number of methoxy groups -OCH3 is 2. The minimum absolute atomic E-state index is 0.260. The highest BCUT2D eigenvalue weighted by Gasteiger charge is 2.38. The topological polar surface area (TPSA) is 44.5 Å². The number of ether oxygens (including phenoxy) is 2. The number of rotatable bonds is 3. The first kappa shape index (κ1) is 11.4. The zero-order valence-electron chi connectivity index (χ0n) is 10.6. The maximum absolute atomic E-state index is 6.00. The molecule has 94 valence electrons. The van der Waals surface area contributed by atoms with Gasteiger partial charge in [-0.25, -0.2) is 0 Å². The summed E-state index contributed by atoms with van der Waals surface area (Å²) in [5.74, 6) is 2.20. The third kappa shape index (κ3) is 1.71. The molecule has 1 aliphatic rings. The molecule has 0 spiro atoms. The van der Waals surface area contributed by atoms with Crippen LogP contribution in [0.2, 0.25) is 0 Å². The van der Waals surface area contributed by atoms with Gasteiger partial charge in [-0.1, -0.05) is 12.1 Å². The molecule has 0 saturated heterocycles. The molecule has 0 aliphatic heterocycles. The van der Waals surface area contributed by atoms with Gasteiger partial charge in [0, 0.05) is 17.5 Å². The van der Waals surface area contributed by atoms with Crippen molar-refractivity contribution in [2.75, 3.05) is 14.2 Å². The van der Waals surface area contributed by atoms with Gasteiger partial charge >= 0.3 is 0 Å². The summed E-state index contributed by atoms with van der Waals surface area (Å²) in [6.45, 7) is 0. The van der Waals surface area contributed by atoms with Crippen LogP contribution in [0.25, 0.3) is 10.8 Å². The normalized spacial score (nSPS) is 21.9. The van der Waals surface area contributed by atoms with E-state index in [-0.39, 0.29) is 6.04 Å². The van der Waals surface area contributed by atoms with Crippen LogP contribution in [0.5, 0.6) is 11.5 Å². The van der Waals surface area contributed by atoms with Crippen molar-refractivity contribution in [1.82, 2.24) is 0 Å². The maximum Gasteiger partial charge on any atom is 0.123 e. The first-order valence-corrected chi connectivity index (χ1v) is 6.15. The average molecular weight is 243 g/mol. The van der Waals surface area contributed by atoms with E-state index in [4.69, 9.17) is 15.2 Å². The van der Waals surface area contributed by atoms with Gasteiger partial charge in [0.2, 0.25) is 0 Å². The van der Waals surface area contributed by atoms with Crippen molar-refractivity contribution in [2.24, 2.45) is 5.73 Å². The van der Waals surface area contributed by atoms with Crippen LogP contribution in [0.1, 0.15) is 17.9 Å². The molecule has 3 rings (SSSR count). The summed E-state index contributed by atoms with van der Waals surface area (Å²) in [5.41, 5.74) is 7.22. The van der Waals surface area contributed by atoms with Crippen molar-refractivity contribution in [2.45, 2.75) is 18.4 Å². The fraction of sp³-hybridized carbons (Fsp3) is 0.333. The zero-order chi connectivity index (χ0) is 12.7. The first-order chi connectivity index (χ1) is 8.74. The maximum atomic E-state index is 6.00. The molecule has 2 atom stereocenters. The summed E-state index contributed by atoms with van der Waals surface area (Å²) < 4.78 is 10.8. The zero-order valence-corrected chi connectivity index (χ0v) is 10.6. The number of fused-ring (bicyclic) bond motifs is 1. The third-order valence-electron chi connectivity index (χ3n) is 3.66. The molecular weight excluding hydrogens is 226 g/mol. The van der Waals surface area contributed by atoms with Crippen LogP contribution in [-0.4, -0.2) is 20.3 Å². The predicted molar refractivity (Wildman–Crippen MR) is 72.4 cm³/mol. The minimum atomic E-state index is 0.260. The Hall–Kier alpha value is -1.74. The molecule has 2 aromatic rings. The van der Waals surface area contributed by atoms with E-state index in [0.29, 0.717) is 5.92 Å². The second kappa shape index (κ2) is 4.18. The Morgan fingerprint density at radius 1 is 1.11 bits per heavy atom. The number of hydrogen-bond acceptors (Lipinski definition) is 3. The number of hydrogen-bond donors (Lipinski definition) is 1. The van der Waals surface area contributed by atoms with Crippen molar-refractivity contribution in [1.29, 1.82) is 0 Å². The Bertz CT molecular complexity index is 589. The van der Waals surface area contributed by atoms with Gasteiger partial charge in [0.15, 0.2) is 0 Å². The Kier molecular flexibility index (Phi) is 2.63. The lowest BCUT2D eigenvalue weighted by molar-refractivity contribution is 0.410. The lowest BCUT2D eigenvalue weighted by Gasteiger charge is -2.12. The summed E-state index contributed by atoms with van der Waals surface area (Å²) in [4.78, 5) is 0. The van der Waals surface area contributed by atoms with E-state index in [0.717, 1.165) is 17.9 Å². The van der Waals surface area contributed by atoms with Gasteiger partial charge in [0.1, 0.15) is 11.5 Å². The molecular formula is C15H17NO2. The molecule has 1 saturated carbocycles. The molecule has 18 heavy (non-hydrogen) atoms. The SMILES string of the molecule is COc1ccc2ccc(OC)c(C3CC3N)c2c1. The molecule has 1 aliphatic carbocycles. The van der Waals surface area contributed by atoms with Gasteiger partial charge in [-0.3, -0.25) is 0 Å². The van der Waals surface area contributed by atoms with Crippen LogP contribution in [0.3, 0.4) is 0 Å². The van der Waals surface area contributed by atoms with Crippen LogP contribution in [0, 0.1) is 0 Å². The molecule has 1 fully saturated rings. The van der Waals surface area contributed by atoms with Crippen LogP contribution in [0.4, 0.5) is 0 Å². The molecule has 0 radical (unpaired) electrons. The molecule has 0 amide bonds. The van der Waals surface area contributed by atoms with E-state index in [9.17, 15) is 0 Å². The fourth-order valence-electron chi connectivity index (χ4n) is 2.54. The second-order valence-corrected chi connectivity index (χ2v) is 4.77. The molecule has 0 bridgehead atoms. The van der Waals surface area contributed by atoms with Crippen molar-refractivity contribution >= 4 is 10.8 Å². The van der Waals surface area contributed by atoms with Gasteiger partial charge in [-0.05, 0) is 35.4 Å². The van der Waals surface area contributed by atoms with E-state index in [1.165, 1.54) is 16.3 Å². The van der Waals surface area contributed by atoms with E-state index < -0.39 is 0 Å². The molecule has 0 heterocycles. The van der Waals surface area contributed by atoms with Crippen LogP contribution >= 0.6 is 0 Å². The standard InChI is InChI=1S/C15H17NO2/c1-17-10-5-3-9-4-6-14(18-2)15(11(9)7-10)12-8-13(12)16/h3-7,12-13H,8,16H2,1-2H3. The lowest BCUT2D eigenvalue weighted by Crippen LogP contribution is -2.03. The van der Waals surface area contributed by atoms with E-state index in [1.807, 2.05) is 12.1 Å². The van der Waals surface area contributed by atoms with Crippen molar-refractivity contribution in [3.63, 3.8) is 0 Å². The smallest absolute Gasteiger partial charge is 0.123 e. The number of benzene rings is 2. The van der Waals surface area contributed by atoms with Gasteiger partial charge in [-0.15, -0.1) is 0 Å². The highest BCUT2D eigenvalue weighted by Crippen LogP contribution is 2.47. The Morgan fingerprint density at radius 3 is 2.44 bits per heavy atom.